The van der Waals surface area contributed by atoms with Gasteiger partial charge in [0.1, 0.15) is 0 Å². The van der Waals surface area contributed by atoms with Crippen molar-refractivity contribution < 1.29 is 9.90 Å². The number of piperazine rings is 1. The van der Waals surface area contributed by atoms with E-state index in [-0.39, 0.29) is 6.42 Å². The molecule has 3 rings (SSSR count). The number of hydrogen-bond acceptors (Lipinski definition) is 6. The number of aromatic nitrogens is 1. The first-order chi connectivity index (χ1) is 11.5. The number of aryl methyl sites for hydroxylation is 1. The molecule has 0 saturated carbocycles. The maximum absolute atomic E-state index is 10.8. The number of likely N-dealkylation sites (N-methyl/N-ethyl adjacent to an activating group) is 1. The van der Waals surface area contributed by atoms with E-state index in [1.165, 1.54) is 17.0 Å². The lowest BCUT2D eigenvalue weighted by atomic mass is 10.2. The van der Waals surface area contributed by atoms with E-state index in [2.05, 4.69) is 39.3 Å². The van der Waals surface area contributed by atoms with E-state index in [4.69, 9.17) is 5.11 Å². The summed E-state index contributed by atoms with van der Waals surface area (Å²) in [7, 11) is 2.15. The monoisotopic (exact) mass is 346 g/mol. The average molecular weight is 346 g/mol. The van der Waals surface area contributed by atoms with Crippen LogP contribution in [0.5, 0.6) is 0 Å². The van der Waals surface area contributed by atoms with Crippen molar-refractivity contribution in [1.82, 2.24) is 9.88 Å². The molecule has 128 valence electrons. The number of rotatable bonds is 5. The van der Waals surface area contributed by atoms with Crippen molar-refractivity contribution in [3.8, 4) is 0 Å². The van der Waals surface area contributed by atoms with E-state index in [0.29, 0.717) is 0 Å². The van der Waals surface area contributed by atoms with Crippen molar-refractivity contribution in [1.29, 1.82) is 0 Å². The number of aliphatic carboxylic acids is 1. The minimum absolute atomic E-state index is 0.0214. The third-order valence-electron chi connectivity index (χ3n) is 4.19. The summed E-state index contributed by atoms with van der Waals surface area (Å²) in [5, 5.41) is 12.9. The summed E-state index contributed by atoms with van der Waals surface area (Å²) in [5.74, 6) is -0.829. The highest BCUT2D eigenvalue weighted by atomic mass is 32.1. The van der Waals surface area contributed by atoms with Gasteiger partial charge in [0.2, 0.25) is 0 Å². The molecule has 2 aromatic rings. The third kappa shape index (κ3) is 4.04. The van der Waals surface area contributed by atoms with Crippen LogP contribution < -0.4 is 10.2 Å². The van der Waals surface area contributed by atoms with Gasteiger partial charge >= 0.3 is 5.97 Å². The molecule has 1 saturated heterocycles. The van der Waals surface area contributed by atoms with Crippen LogP contribution in [0.25, 0.3) is 0 Å². The van der Waals surface area contributed by atoms with Crippen LogP contribution in [-0.2, 0) is 11.2 Å². The van der Waals surface area contributed by atoms with Gasteiger partial charge in [-0.1, -0.05) is 0 Å². The number of nitrogens with zero attached hydrogens (tertiary/aromatic N) is 3. The van der Waals surface area contributed by atoms with Crippen LogP contribution >= 0.6 is 11.3 Å². The molecule has 1 aromatic heterocycles. The standard InChI is InChI=1S/C17H22N4O2S/c1-12-15(11-16(22)23)24-17(18-12)19-13-3-5-14(6-4-13)21-9-7-20(2)8-10-21/h3-6H,7-11H2,1-2H3,(H,18,19)(H,22,23). The van der Waals surface area contributed by atoms with Crippen LogP contribution in [0.15, 0.2) is 24.3 Å². The van der Waals surface area contributed by atoms with Gasteiger partial charge in [-0.3, -0.25) is 4.79 Å². The third-order valence-corrected chi connectivity index (χ3v) is 5.26. The topological polar surface area (TPSA) is 68.7 Å². The maximum Gasteiger partial charge on any atom is 0.308 e. The molecule has 0 unspecified atom stereocenters. The number of nitrogens with one attached hydrogen (secondary N) is 1. The maximum atomic E-state index is 10.8. The number of carboxylic acid groups (broad SMARTS) is 1. The number of carboxylic acids is 1. The summed E-state index contributed by atoms with van der Waals surface area (Å²) in [4.78, 5) is 20.8. The molecular weight excluding hydrogens is 324 g/mol. The minimum Gasteiger partial charge on any atom is -0.481 e. The molecule has 2 N–H and O–H groups in total. The second kappa shape index (κ2) is 7.19. The van der Waals surface area contributed by atoms with Crippen molar-refractivity contribution in [2.24, 2.45) is 0 Å². The molecule has 6 nitrogen and oxygen atoms in total. The first-order valence-electron chi connectivity index (χ1n) is 8.00. The minimum atomic E-state index is -0.829. The lowest BCUT2D eigenvalue weighted by Crippen LogP contribution is -2.44. The highest BCUT2D eigenvalue weighted by Crippen LogP contribution is 2.27. The molecule has 1 aliphatic rings. The molecule has 0 amide bonds. The van der Waals surface area contributed by atoms with Gasteiger partial charge in [-0.2, -0.15) is 0 Å². The van der Waals surface area contributed by atoms with Gasteiger partial charge in [-0.15, -0.1) is 11.3 Å². The molecule has 2 heterocycles. The Morgan fingerprint density at radius 3 is 2.54 bits per heavy atom. The van der Waals surface area contributed by atoms with E-state index in [0.717, 1.165) is 47.6 Å². The lowest BCUT2D eigenvalue weighted by Gasteiger charge is -2.34. The molecular formula is C17H22N4O2S. The molecule has 1 aromatic carbocycles. The fraction of sp³-hybridized carbons (Fsp3) is 0.412. The molecule has 0 bridgehead atoms. The molecule has 0 aliphatic carbocycles. The Balaban J connectivity index is 1.65. The smallest absolute Gasteiger partial charge is 0.308 e. The Bertz CT molecular complexity index is 706. The highest BCUT2D eigenvalue weighted by molar-refractivity contribution is 7.15. The van der Waals surface area contributed by atoms with E-state index < -0.39 is 5.97 Å². The van der Waals surface area contributed by atoms with Crippen molar-refractivity contribution >= 4 is 33.8 Å². The summed E-state index contributed by atoms with van der Waals surface area (Å²) in [5.41, 5.74) is 2.97. The van der Waals surface area contributed by atoms with E-state index >= 15 is 0 Å². The summed E-state index contributed by atoms with van der Waals surface area (Å²) in [6, 6.07) is 8.32. The largest absolute Gasteiger partial charge is 0.481 e. The lowest BCUT2D eigenvalue weighted by molar-refractivity contribution is -0.136. The molecule has 24 heavy (non-hydrogen) atoms. The van der Waals surface area contributed by atoms with E-state index in [1.54, 1.807) is 0 Å². The normalized spacial score (nSPS) is 15.5. The number of benzene rings is 1. The fourth-order valence-corrected chi connectivity index (χ4v) is 3.70. The van der Waals surface area contributed by atoms with Gasteiger partial charge in [0.15, 0.2) is 5.13 Å². The molecule has 0 radical (unpaired) electrons. The van der Waals surface area contributed by atoms with Gasteiger partial charge in [-0.25, -0.2) is 4.98 Å². The quantitative estimate of drug-likeness (QED) is 0.867. The van der Waals surface area contributed by atoms with Gasteiger partial charge in [0.25, 0.3) is 0 Å². The highest BCUT2D eigenvalue weighted by Gasteiger charge is 2.14. The predicted molar refractivity (Wildman–Crippen MR) is 97.6 cm³/mol. The Morgan fingerprint density at radius 2 is 1.92 bits per heavy atom. The van der Waals surface area contributed by atoms with Crippen LogP contribution in [0.4, 0.5) is 16.5 Å². The van der Waals surface area contributed by atoms with Crippen molar-refractivity contribution in [2.45, 2.75) is 13.3 Å². The van der Waals surface area contributed by atoms with E-state index in [1.807, 2.05) is 19.1 Å². The van der Waals surface area contributed by atoms with Gasteiger partial charge in [0, 0.05) is 42.4 Å². The number of thiazole rings is 1. The Hall–Kier alpha value is -2.12. The van der Waals surface area contributed by atoms with Crippen LogP contribution in [-0.4, -0.2) is 54.2 Å². The predicted octanol–water partition coefficient (Wildman–Crippen LogP) is 2.57. The number of anilines is 3. The summed E-state index contributed by atoms with van der Waals surface area (Å²) < 4.78 is 0. The molecule has 7 heteroatoms. The van der Waals surface area contributed by atoms with Crippen LogP contribution in [0, 0.1) is 6.92 Å². The SMILES string of the molecule is Cc1nc(Nc2ccc(N3CCN(C)CC3)cc2)sc1CC(=O)O. The zero-order chi connectivity index (χ0) is 17.1. The van der Waals surface area contributed by atoms with Crippen LogP contribution in [0.1, 0.15) is 10.6 Å². The zero-order valence-corrected chi connectivity index (χ0v) is 14.8. The first-order valence-corrected chi connectivity index (χ1v) is 8.81. The molecule has 1 aliphatic heterocycles. The van der Waals surface area contributed by atoms with Crippen LogP contribution in [0.3, 0.4) is 0 Å². The fourth-order valence-electron chi connectivity index (χ4n) is 2.73. The van der Waals surface area contributed by atoms with Crippen molar-refractivity contribution in [2.75, 3.05) is 43.4 Å². The van der Waals surface area contributed by atoms with Crippen LogP contribution in [0.2, 0.25) is 0 Å². The van der Waals surface area contributed by atoms with Crippen molar-refractivity contribution in [3.63, 3.8) is 0 Å². The summed E-state index contributed by atoms with van der Waals surface area (Å²) in [6.45, 7) is 6.12. The molecule has 1 fully saturated rings. The Morgan fingerprint density at radius 1 is 1.25 bits per heavy atom. The Labute approximate surface area is 145 Å². The van der Waals surface area contributed by atoms with Crippen molar-refractivity contribution in [3.05, 3.63) is 34.8 Å². The van der Waals surface area contributed by atoms with E-state index in [9.17, 15) is 4.79 Å². The number of hydrogen-bond donors (Lipinski definition) is 2. The second-order valence-corrected chi connectivity index (χ2v) is 7.14. The van der Waals surface area contributed by atoms with Gasteiger partial charge in [0.05, 0.1) is 12.1 Å². The molecule has 0 atom stereocenters. The van der Waals surface area contributed by atoms with Gasteiger partial charge in [-0.05, 0) is 38.2 Å². The zero-order valence-electron chi connectivity index (χ0n) is 14.0. The second-order valence-electron chi connectivity index (χ2n) is 6.06. The summed E-state index contributed by atoms with van der Waals surface area (Å²) >= 11 is 1.40. The summed E-state index contributed by atoms with van der Waals surface area (Å²) in [6.07, 6.45) is 0.0214. The van der Waals surface area contributed by atoms with Gasteiger partial charge < -0.3 is 20.2 Å². The first kappa shape index (κ1) is 16.7. The number of carbonyl (C=O) groups is 1. The Kier molecular flexibility index (Phi) is 5.01. The average Bonchev–Trinajstić information content (AvgIpc) is 2.88. The molecule has 0 spiro atoms.